The molecule has 2 aromatic carbocycles. The topological polar surface area (TPSA) is 74.8 Å². The SMILES string of the molecule is CC(C)Cc1ccc(C(NC(=O)c2n[nH]c(=O)c3ccccc23)C(C)C)cc1. The first-order valence-electron chi connectivity index (χ1n) is 9.74. The number of fused-ring (bicyclic) bond motifs is 1. The number of rotatable bonds is 6. The zero-order valence-corrected chi connectivity index (χ0v) is 16.8. The van der Waals surface area contributed by atoms with Crippen LogP contribution in [0.4, 0.5) is 0 Å². The third-order valence-corrected chi connectivity index (χ3v) is 4.85. The first-order chi connectivity index (χ1) is 13.4. The minimum absolute atomic E-state index is 0.145. The average molecular weight is 377 g/mol. The normalized spacial score (nSPS) is 12.5. The lowest BCUT2D eigenvalue weighted by Gasteiger charge is -2.23. The molecule has 0 radical (unpaired) electrons. The Morgan fingerprint density at radius 3 is 2.25 bits per heavy atom. The van der Waals surface area contributed by atoms with Crippen molar-refractivity contribution in [1.82, 2.24) is 15.5 Å². The third kappa shape index (κ3) is 4.30. The fourth-order valence-corrected chi connectivity index (χ4v) is 3.46. The minimum Gasteiger partial charge on any atom is -0.344 e. The number of carbonyl (C=O) groups excluding carboxylic acids is 1. The van der Waals surface area contributed by atoms with Crippen molar-refractivity contribution < 1.29 is 4.79 Å². The summed E-state index contributed by atoms with van der Waals surface area (Å²) in [7, 11) is 0. The minimum atomic E-state index is -0.298. The fraction of sp³-hybridized carbons (Fsp3) is 0.348. The molecule has 1 aromatic heterocycles. The molecule has 1 unspecified atom stereocenters. The maximum absolute atomic E-state index is 13.0. The lowest BCUT2D eigenvalue weighted by atomic mass is 9.93. The molecule has 5 nitrogen and oxygen atoms in total. The summed E-state index contributed by atoms with van der Waals surface area (Å²) >= 11 is 0. The largest absolute Gasteiger partial charge is 0.344 e. The van der Waals surface area contributed by atoms with E-state index >= 15 is 0 Å². The van der Waals surface area contributed by atoms with Crippen molar-refractivity contribution in [2.24, 2.45) is 11.8 Å². The van der Waals surface area contributed by atoms with E-state index in [0.29, 0.717) is 16.7 Å². The summed E-state index contributed by atoms with van der Waals surface area (Å²) in [6.45, 7) is 8.55. The van der Waals surface area contributed by atoms with Crippen molar-refractivity contribution in [2.75, 3.05) is 0 Å². The van der Waals surface area contributed by atoms with Crippen LogP contribution in [0.25, 0.3) is 10.8 Å². The van der Waals surface area contributed by atoms with Crippen LogP contribution in [0.5, 0.6) is 0 Å². The highest BCUT2D eigenvalue weighted by Crippen LogP contribution is 2.24. The highest BCUT2D eigenvalue weighted by Gasteiger charge is 2.22. The van der Waals surface area contributed by atoms with Crippen LogP contribution in [-0.2, 0) is 6.42 Å². The van der Waals surface area contributed by atoms with Gasteiger partial charge in [0.1, 0.15) is 0 Å². The maximum atomic E-state index is 13.0. The zero-order valence-electron chi connectivity index (χ0n) is 16.8. The van der Waals surface area contributed by atoms with Gasteiger partial charge in [0.2, 0.25) is 0 Å². The summed E-state index contributed by atoms with van der Waals surface area (Å²) in [5.74, 6) is 0.511. The van der Waals surface area contributed by atoms with E-state index in [1.165, 1.54) is 5.56 Å². The van der Waals surface area contributed by atoms with Gasteiger partial charge in [0, 0.05) is 5.39 Å². The van der Waals surface area contributed by atoms with Gasteiger partial charge in [-0.25, -0.2) is 5.10 Å². The number of benzene rings is 2. The second-order valence-electron chi connectivity index (χ2n) is 7.98. The van der Waals surface area contributed by atoms with E-state index in [0.717, 1.165) is 12.0 Å². The van der Waals surface area contributed by atoms with Crippen LogP contribution in [-0.4, -0.2) is 16.1 Å². The molecule has 0 aliphatic heterocycles. The van der Waals surface area contributed by atoms with Crippen LogP contribution in [0.1, 0.15) is 55.4 Å². The Balaban J connectivity index is 1.88. The summed E-state index contributed by atoms with van der Waals surface area (Å²) in [6, 6.07) is 15.3. The van der Waals surface area contributed by atoms with Crippen molar-refractivity contribution in [3.63, 3.8) is 0 Å². The van der Waals surface area contributed by atoms with Crippen molar-refractivity contribution in [3.05, 3.63) is 75.7 Å². The Kier molecular flexibility index (Phi) is 5.93. The predicted molar refractivity (Wildman–Crippen MR) is 112 cm³/mol. The Hall–Kier alpha value is -2.95. The fourth-order valence-electron chi connectivity index (χ4n) is 3.46. The molecule has 1 atom stereocenters. The van der Waals surface area contributed by atoms with Crippen LogP contribution < -0.4 is 10.9 Å². The third-order valence-electron chi connectivity index (χ3n) is 4.85. The molecule has 0 fully saturated rings. The van der Waals surface area contributed by atoms with Gasteiger partial charge < -0.3 is 5.32 Å². The lowest BCUT2D eigenvalue weighted by Crippen LogP contribution is -2.33. The maximum Gasteiger partial charge on any atom is 0.272 e. The number of nitrogens with one attached hydrogen (secondary N) is 2. The van der Waals surface area contributed by atoms with Gasteiger partial charge in [-0.1, -0.05) is 70.2 Å². The first-order valence-corrected chi connectivity index (χ1v) is 9.74. The highest BCUT2D eigenvalue weighted by atomic mass is 16.2. The second-order valence-corrected chi connectivity index (χ2v) is 7.98. The monoisotopic (exact) mass is 377 g/mol. The van der Waals surface area contributed by atoms with Gasteiger partial charge in [-0.3, -0.25) is 9.59 Å². The Morgan fingerprint density at radius 1 is 1.00 bits per heavy atom. The average Bonchev–Trinajstić information content (AvgIpc) is 2.66. The molecule has 0 bridgehead atoms. The van der Waals surface area contributed by atoms with Gasteiger partial charge >= 0.3 is 0 Å². The number of nitrogens with zero attached hydrogens (tertiary/aromatic N) is 1. The number of aromatic nitrogens is 2. The number of hydrogen-bond donors (Lipinski definition) is 2. The first kappa shape index (κ1) is 19.8. The van der Waals surface area contributed by atoms with Crippen molar-refractivity contribution in [3.8, 4) is 0 Å². The van der Waals surface area contributed by atoms with E-state index in [-0.39, 0.29) is 29.1 Å². The van der Waals surface area contributed by atoms with Gasteiger partial charge in [-0.2, -0.15) is 5.10 Å². The zero-order chi connectivity index (χ0) is 20.3. The van der Waals surface area contributed by atoms with E-state index in [2.05, 4.69) is 67.5 Å². The quantitative estimate of drug-likeness (QED) is 0.674. The van der Waals surface area contributed by atoms with E-state index < -0.39 is 0 Å². The van der Waals surface area contributed by atoms with E-state index in [4.69, 9.17) is 0 Å². The molecule has 28 heavy (non-hydrogen) atoms. The summed E-state index contributed by atoms with van der Waals surface area (Å²) < 4.78 is 0. The summed E-state index contributed by atoms with van der Waals surface area (Å²) in [5.41, 5.74) is 2.29. The van der Waals surface area contributed by atoms with Gasteiger partial charge in [0.15, 0.2) is 5.69 Å². The smallest absolute Gasteiger partial charge is 0.272 e. The molecule has 5 heteroatoms. The molecular weight excluding hydrogens is 350 g/mol. The van der Waals surface area contributed by atoms with E-state index in [9.17, 15) is 9.59 Å². The molecule has 3 aromatic rings. The van der Waals surface area contributed by atoms with Crippen molar-refractivity contribution in [1.29, 1.82) is 0 Å². The second kappa shape index (κ2) is 8.38. The van der Waals surface area contributed by atoms with Crippen LogP contribution in [0.15, 0.2) is 53.3 Å². The Morgan fingerprint density at radius 2 is 1.64 bits per heavy atom. The van der Waals surface area contributed by atoms with Crippen molar-refractivity contribution in [2.45, 2.75) is 40.2 Å². The van der Waals surface area contributed by atoms with Crippen LogP contribution in [0.3, 0.4) is 0 Å². The number of H-pyrrole nitrogens is 1. The summed E-state index contributed by atoms with van der Waals surface area (Å²) in [5, 5.41) is 10.5. The highest BCUT2D eigenvalue weighted by molar-refractivity contribution is 6.04. The number of amides is 1. The Bertz CT molecular complexity index is 1020. The standard InChI is InChI=1S/C23H27N3O2/c1-14(2)13-16-9-11-17(12-10-16)20(15(3)4)24-23(28)21-18-7-5-6-8-19(18)22(27)26-25-21/h5-12,14-15,20H,13H2,1-4H3,(H,24,28)(H,26,27). The van der Waals surface area contributed by atoms with Gasteiger partial charge in [-0.15, -0.1) is 0 Å². The Labute approximate surface area is 165 Å². The molecule has 0 spiro atoms. The number of aromatic amines is 1. The van der Waals surface area contributed by atoms with E-state index in [1.807, 2.05) is 0 Å². The molecule has 0 aliphatic rings. The number of carbonyl (C=O) groups is 1. The number of hydrogen-bond acceptors (Lipinski definition) is 3. The van der Waals surface area contributed by atoms with Gasteiger partial charge in [0.05, 0.1) is 11.4 Å². The van der Waals surface area contributed by atoms with Crippen LogP contribution in [0.2, 0.25) is 0 Å². The predicted octanol–water partition coefficient (Wildman–Crippen LogP) is 4.25. The van der Waals surface area contributed by atoms with Crippen LogP contribution >= 0.6 is 0 Å². The molecule has 3 rings (SSSR count). The van der Waals surface area contributed by atoms with E-state index in [1.54, 1.807) is 24.3 Å². The molecule has 0 saturated heterocycles. The molecule has 2 N–H and O–H groups in total. The molecule has 1 heterocycles. The molecular formula is C23H27N3O2. The van der Waals surface area contributed by atoms with Gasteiger partial charge in [-0.05, 0) is 35.4 Å². The van der Waals surface area contributed by atoms with Crippen molar-refractivity contribution >= 4 is 16.7 Å². The molecule has 0 saturated carbocycles. The molecule has 1 amide bonds. The lowest BCUT2D eigenvalue weighted by molar-refractivity contribution is 0.0921. The summed E-state index contributed by atoms with van der Waals surface area (Å²) in [4.78, 5) is 24.9. The molecule has 146 valence electrons. The van der Waals surface area contributed by atoms with Gasteiger partial charge in [0.25, 0.3) is 11.5 Å². The summed E-state index contributed by atoms with van der Waals surface area (Å²) in [6.07, 6.45) is 1.03. The molecule has 0 aliphatic carbocycles. The van der Waals surface area contributed by atoms with Crippen LogP contribution in [0, 0.1) is 11.8 Å².